The Kier molecular flexibility index (Phi) is 6.11. The molecule has 0 amide bonds. The second-order valence-electron chi connectivity index (χ2n) is 6.84. The lowest BCUT2D eigenvalue weighted by Gasteiger charge is -2.35. The summed E-state index contributed by atoms with van der Waals surface area (Å²) in [4.78, 5) is 21.8. The summed E-state index contributed by atoms with van der Waals surface area (Å²) < 4.78 is 0. The van der Waals surface area contributed by atoms with Gasteiger partial charge >= 0.3 is 0 Å². The van der Waals surface area contributed by atoms with Crippen LogP contribution in [0, 0.1) is 0 Å². The van der Waals surface area contributed by atoms with Crippen molar-refractivity contribution in [2.75, 3.05) is 57.3 Å². The maximum atomic E-state index is 11.4. The molecule has 3 rings (SSSR count). The molecule has 0 saturated carbocycles. The zero-order valence-electron chi connectivity index (χ0n) is 14.2. The number of nitrogens with zero attached hydrogens (tertiary/aromatic N) is 3. The molecule has 3 heterocycles. The summed E-state index contributed by atoms with van der Waals surface area (Å²) in [5.74, 6) is 0.960. The van der Waals surface area contributed by atoms with Crippen LogP contribution in [-0.4, -0.2) is 67.1 Å². The summed E-state index contributed by atoms with van der Waals surface area (Å²) in [5.41, 5.74) is -0.0114. The van der Waals surface area contributed by atoms with Crippen LogP contribution >= 0.6 is 0 Å². The van der Waals surface area contributed by atoms with Gasteiger partial charge in [-0.05, 0) is 57.9 Å². The lowest BCUT2D eigenvalue weighted by atomic mass is 10.1. The van der Waals surface area contributed by atoms with E-state index in [0.29, 0.717) is 0 Å². The minimum absolute atomic E-state index is 0.0114. The van der Waals surface area contributed by atoms with Crippen LogP contribution in [0.5, 0.6) is 0 Å². The minimum atomic E-state index is -0.0114. The van der Waals surface area contributed by atoms with Gasteiger partial charge in [0.2, 0.25) is 5.56 Å². The summed E-state index contributed by atoms with van der Waals surface area (Å²) in [6, 6.07) is 5.40. The van der Waals surface area contributed by atoms with E-state index >= 15 is 0 Å². The zero-order chi connectivity index (χ0) is 15.9. The van der Waals surface area contributed by atoms with Gasteiger partial charge in [0.05, 0.1) is 0 Å². The molecule has 0 atom stereocenters. The standard InChI is InChI=1S/C18H30N4O/c23-18-8-6-7-17(19-18)22-15-13-21(14-16-22)12-5-4-11-20-9-2-1-3-10-20/h6-8H,1-5,9-16H2,(H,19,23). The molecule has 2 aliphatic rings. The van der Waals surface area contributed by atoms with Crippen LogP contribution in [0.25, 0.3) is 0 Å². The number of nitrogens with one attached hydrogen (secondary N) is 1. The quantitative estimate of drug-likeness (QED) is 0.812. The maximum Gasteiger partial charge on any atom is 0.249 e. The average Bonchev–Trinajstić information content (AvgIpc) is 2.60. The topological polar surface area (TPSA) is 42.6 Å². The first-order chi connectivity index (χ1) is 11.3. The molecule has 2 aliphatic heterocycles. The molecular weight excluding hydrogens is 288 g/mol. The normalized spacial score (nSPS) is 20.8. The molecule has 23 heavy (non-hydrogen) atoms. The number of rotatable bonds is 6. The number of aromatic nitrogens is 1. The van der Waals surface area contributed by atoms with Gasteiger partial charge in [-0.1, -0.05) is 12.5 Å². The molecule has 1 aromatic rings. The Bertz CT molecular complexity index is 516. The predicted octanol–water partition coefficient (Wildman–Crippen LogP) is 1.76. The highest BCUT2D eigenvalue weighted by Crippen LogP contribution is 2.13. The molecule has 0 aromatic carbocycles. The molecule has 1 N–H and O–H groups in total. The van der Waals surface area contributed by atoms with E-state index in [9.17, 15) is 4.79 Å². The first-order valence-electron chi connectivity index (χ1n) is 9.20. The smallest absolute Gasteiger partial charge is 0.249 e. The molecule has 1 aromatic heterocycles. The Morgan fingerprint density at radius 2 is 1.48 bits per heavy atom. The highest BCUT2D eigenvalue weighted by molar-refractivity contribution is 5.38. The fourth-order valence-electron chi connectivity index (χ4n) is 3.69. The van der Waals surface area contributed by atoms with Gasteiger partial charge in [-0.3, -0.25) is 9.69 Å². The van der Waals surface area contributed by atoms with Crippen LogP contribution in [0.15, 0.2) is 23.0 Å². The largest absolute Gasteiger partial charge is 0.356 e. The van der Waals surface area contributed by atoms with Gasteiger partial charge in [0.1, 0.15) is 5.82 Å². The first-order valence-corrected chi connectivity index (χ1v) is 9.20. The molecule has 128 valence electrons. The second-order valence-corrected chi connectivity index (χ2v) is 6.84. The van der Waals surface area contributed by atoms with Crippen LogP contribution < -0.4 is 10.5 Å². The Balaban J connectivity index is 1.32. The van der Waals surface area contributed by atoms with Gasteiger partial charge in [0.25, 0.3) is 0 Å². The monoisotopic (exact) mass is 318 g/mol. The molecule has 0 spiro atoms. The van der Waals surface area contributed by atoms with Crippen LogP contribution in [0.4, 0.5) is 5.82 Å². The molecule has 2 saturated heterocycles. The molecular formula is C18H30N4O. The van der Waals surface area contributed by atoms with E-state index in [-0.39, 0.29) is 5.56 Å². The predicted molar refractivity (Wildman–Crippen MR) is 95.2 cm³/mol. The number of hydrogen-bond acceptors (Lipinski definition) is 4. The SMILES string of the molecule is O=c1cccc(N2CCN(CCCCN3CCCCC3)CC2)[nH]1. The number of pyridine rings is 1. The minimum Gasteiger partial charge on any atom is -0.356 e. The summed E-state index contributed by atoms with van der Waals surface area (Å²) in [5, 5.41) is 0. The van der Waals surface area contributed by atoms with Crippen molar-refractivity contribution < 1.29 is 0 Å². The molecule has 0 bridgehead atoms. The van der Waals surface area contributed by atoms with Gasteiger partial charge in [-0.15, -0.1) is 0 Å². The van der Waals surface area contributed by atoms with Crippen molar-refractivity contribution in [1.82, 2.24) is 14.8 Å². The van der Waals surface area contributed by atoms with Crippen LogP contribution in [0.2, 0.25) is 0 Å². The summed E-state index contributed by atoms with van der Waals surface area (Å²) >= 11 is 0. The Morgan fingerprint density at radius 1 is 0.826 bits per heavy atom. The summed E-state index contributed by atoms with van der Waals surface area (Å²) in [6.07, 6.45) is 6.84. The average molecular weight is 318 g/mol. The molecule has 2 fully saturated rings. The van der Waals surface area contributed by atoms with Crippen LogP contribution in [0.1, 0.15) is 32.1 Å². The fourth-order valence-corrected chi connectivity index (χ4v) is 3.69. The molecule has 0 radical (unpaired) electrons. The van der Waals surface area contributed by atoms with E-state index in [4.69, 9.17) is 0 Å². The van der Waals surface area contributed by atoms with E-state index in [1.807, 2.05) is 12.1 Å². The number of likely N-dealkylation sites (tertiary alicyclic amines) is 1. The highest BCUT2D eigenvalue weighted by Gasteiger charge is 2.17. The number of anilines is 1. The van der Waals surface area contributed by atoms with Crippen molar-refractivity contribution in [3.05, 3.63) is 28.6 Å². The van der Waals surface area contributed by atoms with Crippen molar-refractivity contribution >= 4 is 5.82 Å². The van der Waals surface area contributed by atoms with Gasteiger partial charge < -0.3 is 14.8 Å². The van der Waals surface area contributed by atoms with Crippen molar-refractivity contribution in [1.29, 1.82) is 0 Å². The second kappa shape index (κ2) is 8.50. The Morgan fingerprint density at radius 3 is 2.13 bits per heavy atom. The lowest BCUT2D eigenvalue weighted by molar-refractivity contribution is 0.211. The summed E-state index contributed by atoms with van der Waals surface area (Å²) in [6.45, 7) is 9.33. The van der Waals surface area contributed by atoms with Crippen LogP contribution in [-0.2, 0) is 0 Å². The third-order valence-corrected chi connectivity index (χ3v) is 5.11. The van der Waals surface area contributed by atoms with Crippen molar-refractivity contribution in [2.45, 2.75) is 32.1 Å². The van der Waals surface area contributed by atoms with E-state index in [1.165, 1.54) is 58.3 Å². The van der Waals surface area contributed by atoms with E-state index in [2.05, 4.69) is 19.7 Å². The highest BCUT2D eigenvalue weighted by atomic mass is 16.1. The van der Waals surface area contributed by atoms with Crippen molar-refractivity contribution in [2.24, 2.45) is 0 Å². The molecule has 0 aliphatic carbocycles. The Labute approximate surface area is 139 Å². The molecule has 5 heteroatoms. The third kappa shape index (κ3) is 5.08. The number of piperidine rings is 1. The van der Waals surface area contributed by atoms with Crippen molar-refractivity contribution in [3.8, 4) is 0 Å². The van der Waals surface area contributed by atoms with Gasteiger partial charge in [-0.25, -0.2) is 0 Å². The number of aromatic amines is 1. The lowest BCUT2D eigenvalue weighted by Crippen LogP contribution is -2.47. The van der Waals surface area contributed by atoms with E-state index in [1.54, 1.807) is 6.07 Å². The van der Waals surface area contributed by atoms with Crippen LogP contribution in [0.3, 0.4) is 0 Å². The van der Waals surface area contributed by atoms with E-state index in [0.717, 1.165) is 32.0 Å². The number of H-pyrrole nitrogens is 1. The van der Waals surface area contributed by atoms with E-state index < -0.39 is 0 Å². The number of hydrogen-bond donors (Lipinski definition) is 1. The third-order valence-electron chi connectivity index (χ3n) is 5.11. The fraction of sp³-hybridized carbons (Fsp3) is 0.722. The van der Waals surface area contributed by atoms with Gasteiger partial charge in [0.15, 0.2) is 0 Å². The zero-order valence-corrected chi connectivity index (χ0v) is 14.2. The summed E-state index contributed by atoms with van der Waals surface area (Å²) in [7, 11) is 0. The Hall–Kier alpha value is -1.33. The molecule has 0 unspecified atom stereocenters. The maximum absolute atomic E-state index is 11.4. The number of piperazine rings is 1. The van der Waals surface area contributed by atoms with Gasteiger partial charge in [-0.2, -0.15) is 0 Å². The first kappa shape index (κ1) is 16.5. The number of unbranched alkanes of at least 4 members (excludes halogenated alkanes) is 1. The van der Waals surface area contributed by atoms with Gasteiger partial charge in [0, 0.05) is 32.2 Å². The molecule has 5 nitrogen and oxygen atoms in total. The van der Waals surface area contributed by atoms with Crippen molar-refractivity contribution in [3.63, 3.8) is 0 Å².